The van der Waals surface area contributed by atoms with Crippen molar-refractivity contribution in [1.82, 2.24) is 14.8 Å². The molecule has 3 heterocycles. The maximum absolute atomic E-state index is 12.7. The van der Waals surface area contributed by atoms with Gasteiger partial charge < -0.3 is 24.4 Å². The zero-order valence-electron chi connectivity index (χ0n) is 18.7. The second-order valence-electron chi connectivity index (χ2n) is 7.73. The summed E-state index contributed by atoms with van der Waals surface area (Å²) in [5.41, 5.74) is 0.755. The molecule has 1 N–H and O–H groups in total. The third-order valence-electron chi connectivity index (χ3n) is 5.43. The van der Waals surface area contributed by atoms with Crippen LogP contribution in [0.2, 0.25) is 0 Å². The minimum Gasteiger partial charge on any atom is -0.462 e. The number of carbonyl (C=O) groups excluding carboxylic acids is 2. The number of para-hydroxylation sites is 1. The van der Waals surface area contributed by atoms with Gasteiger partial charge in [0.15, 0.2) is 5.16 Å². The van der Waals surface area contributed by atoms with Crippen molar-refractivity contribution in [1.29, 1.82) is 0 Å². The largest absolute Gasteiger partial charge is 0.462 e. The van der Waals surface area contributed by atoms with E-state index in [-0.39, 0.29) is 24.4 Å². The van der Waals surface area contributed by atoms with Gasteiger partial charge in [0.25, 0.3) is 0 Å². The number of esters is 1. The summed E-state index contributed by atoms with van der Waals surface area (Å²) in [6.45, 7) is 6.23. The molecule has 0 aliphatic carbocycles. The van der Waals surface area contributed by atoms with Crippen LogP contribution in [-0.4, -0.2) is 78.0 Å². The number of nitrogens with one attached hydrogen (secondary N) is 1. The smallest absolute Gasteiger partial charge is 0.340 e. The summed E-state index contributed by atoms with van der Waals surface area (Å²) in [4.78, 5) is 27.0. The van der Waals surface area contributed by atoms with Gasteiger partial charge in [0, 0.05) is 19.7 Å². The molecular weight excluding hydrogens is 446 g/mol. The number of ether oxygens (including phenoxy) is 3. The van der Waals surface area contributed by atoms with E-state index in [4.69, 9.17) is 14.2 Å². The summed E-state index contributed by atoms with van der Waals surface area (Å²) < 4.78 is 18.4. The van der Waals surface area contributed by atoms with Crippen molar-refractivity contribution < 1.29 is 23.8 Å². The van der Waals surface area contributed by atoms with E-state index in [9.17, 15) is 9.59 Å². The lowest BCUT2D eigenvalue weighted by Crippen LogP contribution is -2.38. The number of anilines is 2. The van der Waals surface area contributed by atoms with Crippen molar-refractivity contribution in [2.45, 2.75) is 37.6 Å². The summed E-state index contributed by atoms with van der Waals surface area (Å²) >= 11 is 1.31. The monoisotopic (exact) mass is 475 g/mol. The van der Waals surface area contributed by atoms with Crippen molar-refractivity contribution in [2.75, 3.05) is 55.5 Å². The van der Waals surface area contributed by atoms with E-state index in [1.807, 2.05) is 4.57 Å². The van der Waals surface area contributed by atoms with Crippen LogP contribution in [0.25, 0.3) is 0 Å². The SMILES string of the molecule is CCOC(=O)c1ccccc1NC(=O)CSc1nnc(N2CCOCC2)n1CC1CCCO1. The number of hydrogen-bond donors (Lipinski definition) is 1. The van der Waals surface area contributed by atoms with Gasteiger partial charge in [-0.2, -0.15) is 0 Å². The van der Waals surface area contributed by atoms with Crippen molar-refractivity contribution in [2.24, 2.45) is 0 Å². The van der Waals surface area contributed by atoms with Crippen molar-refractivity contribution in [3.8, 4) is 0 Å². The van der Waals surface area contributed by atoms with Gasteiger partial charge in [-0.3, -0.25) is 9.36 Å². The predicted octanol–water partition coefficient (Wildman–Crippen LogP) is 2.20. The lowest BCUT2D eigenvalue weighted by atomic mass is 10.2. The molecule has 2 aliphatic rings. The van der Waals surface area contributed by atoms with Gasteiger partial charge in [-0.25, -0.2) is 4.79 Å². The first-order valence-electron chi connectivity index (χ1n) is 11.2. The normalized spacial score (nSPS) is 18.3. The molecule has 0 bridgehead atoms. The molecular formula is C22H29N5O5S. The average molecular weight is 476 g/mol. The highest BCUT2D eigenvalue weighted by molar-refractivity contribution is 7.99. The third-order valence-corrected chi connectivity index (χ3v) is 6.40. The van der Waals surface area contributed by atoms with Crippen LogP contribution in [0.15, 0.2) is 29.4 Å². The summed E-state index contributed by atoms with van der Waals surface area (Å²) in [7, 11) is 0. The fourth-order valence-corrected chi connectivity index (χ4v) is 4.58. The Kier molecular flexibility index (Phi) is 8.19. The third kappa shape index (κ3) is 6.04. The standard InChI is InChI=1S/C22H29N5O5S/c1-2-31-20(29)17-7-3-4-8-18(17)23-19(28)15-33-22-25-24-21(26-9-12-30-13-10-26)27(22)14-16-6-5-11-32-16/h3-4,7-8,16H,2,5-6,9-15H2,1H3,(H,23,28). The summed E-state index contributed by atoms with van der Waals surface area (Å²) in [6.07, 6.45) is 2.16. The van der Waals surface area contributed by atoms with Gasteiger partial charge in [0.05, 0.1) is 49.5 Å². The van der Waals surface area contributed by atoms with Crippen LogP contribution in [0, 0.1) is 0 Å². The molecule has 2 aliphatic heterocycles. The van der Waals surface area contributed by atoms with E-state index in [1.54, 1.807) is 31.2 Å². The van der Waals surface area contributed by atoms with Crippen molar-refractivity contribution >= 4 is 35.3 Å². The number of thioether (sulfide) groups is 1. The lowest BCUT2D eigenvalue weighted by Gasteiger charge is -2.28. The molecule has 4 rings (SSSR count). The minimum absolute atomic E-state index is 0.116. The second-order valence-corrected chi connectivity index (χ2v) is 8.67. The van der Waals surface area contributed by atoms with E-state index in [2.05, 4.69) is 20.4 Å². The first-order chi connectivity index (χ1) is 16.2. The maximum Gasteiger partial charge on any atom is 0.340 e. The molecule has 0 radical (unpaired) electrons. The highest BCUT2D eigenvalue weighted by atomic mass is 32.2. The Morgan fingerprint density at radius 1 is 1.21 bits per heavy atom. The molecule has 10 nitrogen and oxygen atoms in total. The van der Waals surface area contributed by atoms with E-state index in [0.29, 0.717) is 36.2 Å². The number of amides is 1. The van der Waals surface area contributed by atoms with Crippen LogP contribution in [0.4, 0.5) is 11.6 Å². The Bertz CT molecular complexity index is 956. The van der Waals surface area contributed by atoms with E-state index in [1.165, 1.54) is 11.8 Å². The van der Waals surface area contributed by atoms with Crippen molar-refractivity contribution in [3.63, 3.8) is 0 Å². The number of carbonyl (C=O) groups is 2. The first kappa shape index (κ1) is 23.5. The van der Waals surface area contributed by atoms with Crippen molar-refractivity contribution in [3.05, 3.63) is 29.8 Å². The quantitative estimate of drug-likeness (QED) is 0.431. The topological polar surface area (TPSA) is 108 Å². The van der Waals surface area contributed by atoms with Crippen LogP contribution in [-0.2, 0) is 25.5 Å². The van der Waals surface area contributed by atoms with Gasteiger partial charge >= 0.3 is 5.97 Å². The van der Waals surface area contributed by atoms with Crippen LogP contribution < -0.4 is 10.2 Å². The molecule has 1 amide bonds. The first-order valence-corrected chi connectivity index (χ1v) is 12.2. The number of benzene rings is 1. The highest BCUT2D eigenvalue weighted by Gasteiger charge is 2.25. The minimum atomic E-state index is -0.465. The predicted molar refractivity (Wildman–Crippen MR) is 124 cm³/mol. The van der Waals surface area contributed by atoms with Gasteiger partial charge in [-0.15, -0.1) is 10.2 Å². The lowest BCUT2D eigenvalue weighted by molar-refractivity contribution is -0.113. The zero-order valence-corrected chi connectivity index (χ0v) is 19.5. The van der Waals surface area contributed by atoms with Gasteiger partial charge in [0.1, 0.15) is 0 Å². The molecule has 0 saturated carbocycles. The van der Waals surface area contributed by atoms with E-state index < -0.39 is 5.97 Å². The van der Waals surface area contributed by atoms with Gasteiger partial charge in [-0.1, -0.05) is 23.9 Å². The molecule has 2 saturated heterocycles. The van der Waals surface area contributed by atoms with E-state index >= 15 is 0 Å². The van der Waals surface area contributed by atoms with Gasteiger partial charge in [0.2, 0.25) is 11.9 Å². The van der Waals surface area contributed by atoms with Crippen LogP contribution in [0.5, 0.6) is 0 Å². The number of rotatable bonds is 9. The molecule has 0 spiro atoms. The summed E-state index contributed by atoms with van der Waals surface area (Å²) in [5.74, 6) is 0.206. The fourth-order valence-electron chi connectivity index (χ4n) is 3.83. The van der Waals surface area contributed by atoms with Crippen LogP contribution in [0.3, 0.4) is 0 Å². The number of nitrogens with zero attached hydrogens (tertiary/aromatic N) is 4. The Hall–Kier alpha value is -2.63. The van der Waals surface area contributed by atoms with Crippen LogP contribution >= 0.6 is 11.8 Å². The Morgan fingerprint density at radius 3 is 2.79 bits per heavy atom. The number of hydrogen-bond acceptors (Lipinski definition) is 9. The average Bonchev–Trinajstić information content (AvgIpc) is 3.49. The number of aromatic nitrogens is 3. The Morgan fingerprint density at radius 2 is 2.03 bits per heavy atom. The molecule has 2 fully saturated rings. The summed E-state index contributed by atoms with van der Waals surface area (Å²) in [5, 5.41) is 12.3. The molecule has 1 aromatic heterocycles. The molecule has 2 aromatic rings. The molecule has 11 heteroatoms. The second kappa shape index (κ2) is 11.5. The Balaban J connectivity index is 1.44. The fraction of sp³-hybridized carbons (Fsp3) is 0.545. The molecule has 1 aromatic carbocycles. The Labute approximate surface area is 197 Å². The van der Waals surface area contributed by atoms with Gasteiger partial charge in [-0.05, 0) is 31.9 Å². The zero-order chi connectivity index (χ0) is 23.0. The van der Waals surface area contributed by atoms with E-state index in [0.717, 1.165) is 38.5 Å². The van der Waals surface area contributed by atoms with Crippen LogP contribution in [0.1, 0.15) is 30.1 Å². The number of morpholine rings is 1. The molecule has 1 unspecified atom stereocenters. The summed E-state index contributed by atoms with van der Waals surface area (Å²) in [6, 6.07) is 6.81. The molecule has 178 valence electrons. The molecule has 33 heavy (non-hydrogen) atoms. The highest BCUT2D eigenvalue weighted by Crippen LogP contribution is 2.26. The maximum atomic E-state index is 12.7. The molecule has 1 atom stereocenters.